The van der Waals surface area contributed by atoms with Gasteiger partial charge in [0.2, 0.25) is 0 Å². The van der Waals surface area contributed by atoms with Crippen LogP contribution in [-0.4, -0.2) is 27.7 Å². The summed E-state index contributed by atoms with van der Waals surface area (Å²) in [6.07, 6.45) is -0.0679. The molecule has 0 fully saturated rings. The number of rotatable bonds is 1. The average Bonchev–Trinajstić information content (AvgIpc) is 1.59. The highest BCUT2D eigenvalue weighted by atomic mass is 32.2. The Morgan fingerprint density at radius 2 is 2.30 bits per heavy atom. The van der Waals surface area contributed by atoms with Crippen LogP contribution in [-0.2, 0) is 14.7 Å². The molecule has 0 aliphatic rings. The highest BCUT2D eigenvalue weighted by molar-refractivity contribution is 7.87. The lowest BCUT2D eigenvalue weighted by atomic mass is 10.9. The van der Waals surface area contributed by atoms with Crippen molar-refractivity contribution in [1.82, 2.24) is 0 Å². The van der Waals surface area contributed by atoms with Gasteiger partial charge in [0, 0.05) is 6.26 Å². The molecule has 0 aliphatic carbocycles. The minimum atomic E-state index is -3.35. The van der Waals surface area contributed by atoms with Crippen LogP contribution >= 0.6 is 0 Å². The molecule has 5 nitrogen and oxygen atoms in total. The molecule has 10 heavy (non-hydrogen) atoms. The summed E-state index contributed by atoms with van der Waals surface area (Å²) in [4.78, 5) is 10.3. The molecular weight excluding hydrogens is 158 g/mol. The molecule has 0 radical (unpaired) electrons. The lowest BCUT2D eigenvalue weighted by Gasteiger charge is -1.94. The van der Waals surface area contributed by atoms with Crippen molar-refractivity contribution < 1.29 is 18.3 Å². The fourth-order valence-electron chi connectivity index (χ4n) is 0.288. The summed E-state index contributed by atoms with van der Waals surface area (Å²) in [5.41, 5.74) is 0. The molecule has 1 atom stereocenters. The van der Waals surface area contributed by atoms with Gasteiger partial charge in [0.25, 0.3) is 0 Å². The third-order valence-electron chi connectivity index (χ3n) is 0.512. The van der Waals surface area contributed by atoms with Crippen molar-refractivity contribution in [2.75, 3.05) is 12.9 Å². The van der Waals surface area contributed by atoms with Crippen molar-refractivity contribution in [3.8, 4) is 0 Å². The summed E-state index contributed by atoms with van der Waals surface area (Å²) in [5.74, 6) is 0. The molecule has 0 saturated heterocycles. The second kappa shape index (κ2) is 3.52. The van der Waals surface area contributed by atoms with E-state index in [9.17, 15) is 9.00 Å². The number of carbonyl (C=O) groups excluding carboxylic acids is 1. The lowest BCUT2D eigenvalue weighted by Crippen LogP contribution is -2.02. The van der Waals surface area contributed by atoms with Crippen LogP contribution in [0.3, 0.4) is 0 Å². The molecule has 1 amide bonds. The Kier molecular flexibility index (Phi) is 3.31. The van der Waals surface area contributed by atoms with Gasteiger partial charge in [-0.1, -0.05) is 0 Å². The van der Waals surface area contributed by atoms with E-state index in [1.807, 2.05) is 0 Å². The Morgan fingerprint density at radius 3 is 2.60 bits per heavy atom. The van der Waals surface area contributed by atoms with Crippen LogP contribution in [0.4, 0.5) is 4.79 Å². The van der Waals surface area contributed by atoms with Gasteiger partial charge in [0.15, 0.2) is 10.0 Å². The van der Waals surface area contributed by atoms with E-state index < -0.39 is 16.1 Å². The summed E-state index contributed by atoms with van der Waals surface area (Å²) < 4.78 is 25.9. The van der Waals surface area contributed by atoms with Gasteiger partial charge in [-0.2, -0.15) is 0 Å². The highest BCUT2D eigenvalue weighted by Crippen LogP contribution is 1.88. The molecule has 0 spiro atoms. The van der Waals surface area contributed by atoms with E-state index in [1.165, 1.54) is 0 Å². The molecule has 60 valence electrons. The fraction of sp³-hybridized carbons (Fsp3) is 0.750. The van der Waals surface area contributed by atoms with Crippen LogP contribution in [0, 0.1) is 0 Å². The summed E-state index contributed by atoms with van der Waals surface area (Å²) in [6, 6.07) is 0. The maximum Gasteiger partial charge on any atom is 0.443 e. The normalized spacial score (nSPS) is 15.5. The van der Waals surface area contributed by atoms with Crippen molar-refractivity contribution >= 4 is 16.1 Å². The third kappa shape index (κ3) is 5.52. The Hall–Kier alpha value is -0.620. The monoisotopic (exact) mass is 167 g/mol. The first-order valence-electron chi connectivity index (χ1n) is 2.57. The summed E-state index contributed by atoms with van der Waals surface area (Å²) >= 11 is 0. The van der Waals surface area contributed by atoms with Crippen molar-refractivity contribution in [3.63, 3.8) is 0 Å². The molecule has 6 heteroatoms. The van der Waals surface area contributed by atoms with E-state index in [0.717, 1.165) is 6.26 Å². The maximum absolute atomic E-state index is 10.4. The molecule has 0 rings (SSSR count). The second-order valence-electron chi connectivity index (χ2n) is 1.55. The smallest absolute Gasteiger partial charge is 0.443 e. The molecule has 0 aromatic heterocycles. The Balaban J connectivity index is 4.16. The number of nitrogens with zero attached hydrogens (tertiary/aromatic N) is 1. The van der Waals surface area contributed by atoms with E-state index >= 15 is 0 Å². The molecule has 0 saturated carbocycles. The predicted molar refractivity (Wildman–Crippen MR) is 36.1 cm³/mol. The zero-order valence-corrected chi connectivity index (χ0v) is 6.55. The van der Waals surface area contributed by atoms with Gasteiger partial charge in [-0.3, -0.25) is 0 Å². The lowest BCUT2D eigenvalue weighted by molar-refractivity contribution is 0.164. The van der Waals surface area contributed by atoms with Crippen LogP contribution in [0.2, 0.25) is 0 Å². The van der Waals surface area contributed by atoms with E-state index in [-0.39, 0.29) is 6.61 Å². The van der Waals surface area contributed by atoms with Crippen molar-refractivity contribution in [2.45, 2.75) is 6.92 Å². The Labute approximate surface area is 59.4 Å². The first-order chi connectivity index (χ1) is 4.45. The highest BCUT2D eigenvalue weighted by Gasteiger charge is 2.00. The van der Waals surface area contributed by atoms with E-state index in [2.05, 4.69) is 9.10 Å². The van der Waals surface area contributed by atoms with Gasteiger partial charge in [-0.05, 0) is 6.92 Å². The fourth-order valence-corrected chi connectivity index (χ4v) is 0.617. The van der Waals surface area contributed by atoms with Crippen molar-refractivity contribution in [1.29, 1.82) is 0 Å². The molecule has 0 aliphatic heterocycles. The van der Waals surface area contributed by atoms with Gasteiger partial charge in [0.05, 0.1) is 6.61 Å². The molecule has 0 heterocycles. The van der Waals surface area contributed by atoms with Crippen LogP contribution < -0.4 is 0 Å². The molecule has 0 aromatic carbocycles. The molecule has 0 aromatic rings. The molecule has 1 unspecified atom stereocenters. The van der Waals surface area contributed by atoms with Gasteiger partial charge >= 0.3 is 6.09 Å². The van der Waals surface area contributed by atoms with Crippen LogP contribution in [0.15, 0.2) is 4.36 Å². The zero-order chi connectivity index (χ0) is 8.20. The van der Waals surface area contributed by atoms with Gasteiger partial charge in [-0.15, -0.1) is 4.36 Å². The number of hydrogen-bond donors (Lipinski definition) is 1. The van der Waals surface area contributed by atoms with Crippen molar-refractivity contribution in [3.05, 3.63) is 0 Å². The Bertz CT molecular complexity index is 219. The minimum absolute atomic E-state index is 0.151. The Morgan fingerprint density at radius 1 is 1.80 bits per heavy atom. The summed E-state index contributed by atoms with van der Waals surface area (Å²) in [5, 5.41) is 0. The largest absolute Gasteiger partial charge is 0.448 e. The SMILES string of the molecule is CCOC(=O)N=S(C)(=O)O. The van der Waals surface area contributed by atoms with Gasteiger partial charge < -0.3 is 9.29 Å². The predicted octanol–water partition coefficient (Wildman–Crippen LogP) is 0.714. The van der Waals surface area contributed by atoms with Crippen LogP contribution in [0.1, 0.15) is 6.92 Å². The standard InChI is InChI=1S/C4H9NO4S/c1-3-9-4(6)5-10(2,7)8/h3H2,1-2H3,(H,5,6,7,8). The minimum Gasteiger partial charge on any atom is -0.448 e. The second-order valence-corrected chi connectivity index (χ2v) is 3.26. The number of ether oxygens (including phenoxy) is 1. The molecule has 1 N–H and O–H groups in total. The maximum atomic E-state index is 10.4. The number of carbonyl (C=O) groups is 1. The first-order valence-corrected chi connectivity index (χ1v) is 4.45. The third-order valence-corrected chi connectivity index (χ3v) is 1.000. The number of hydrogen-bond acceptors (Lipinski definition) is 3. The quantitative estimate of drug-likeness (QED) is 0.624. The molecule has 0 bridgehead atoms. The van der Waals surface area contributed by atoms with Crippen LogP contribution in [0.25, 0.3) is 0 Å². The van der Waals surface area contributed by atoms with Gasteiger partial charge in [0.1, 0.15) is 0 Å². The van der Waals surface area contributed by atoms with Crippen molar-refractivity contribution in [2.24, 2.45) is 4.36 Å². The average molecular weight is 167 g/mol. The summed E-state index contributed by atoms with van der Waals surface area (Å²) in [6.45, 7) is 1.74. The van der Waals surface area contributed by atoms with E-state index in [0.29, 0.717) is 0 Å². The van der Waals surface area contributed by atoms with Gasteiger partial charge in [-0.25, -0.2) is 9.00 Å². The number of amides is 1. The molecular formula is C4H9NO4S. The topological polar surface area (TPSA) is 76.0 Å². The first kappa shape index (κ1) is 9.38. The summed E-state index contributed by atoms with van der Waals surface area (Å²) in [7, 11) is -3.35. The van der Waals surface area contributed by atoms with E-state index in [4.69, 9.17) is 4.55 Å². The van der Waals surface area contributed by atoms with Crippen LogP contribution in [0.5, 0.6) is 0 Å². The zero-order valence-electron chi connectivity index (χ0n) is 5.73. The van der Waals surface area contributed by atoms with E-state index in [1.54, 1.807) is 6.92 Å².